The van der Waals surface area contributed by atoms with Crippen LogP contribution in [0.2, 0.25) is 0 Å². The van der Waals surface area contributed by atoms with Crippen LogP contribution in [0.1, 0.15) is 38.8 Å². The smallest absolute Gasteiger partial charge is 0.209 e. The predicted octanol–water partition coefficient (Wildman–Crippen LogP) is 2.22. The van der Waals surface area contributed by atoms with Crippen molar-refractivity contribution in [3.05, 3.63) is 63.9 Å². The van der Waals surface area contributed by atoms with E-state index in [4.69, 9.17) is 18.6 Å². The van der Waals surface area contributed by atoms with Crippen molar-refractivity contribution in [1.82, 2.24) is 0 Å². The maximum atomic E-state index is 8.49. The zero-order valence-electron chi connectivity index (χ0n) is 19.0. The SMILES string of the molecule is CN1/C(=C(/I)C2=[N+](C)c3ccc(I)cc3C2(C)C)C(C)(C)c2cc(I)ccc21.[O-][Cl+3]([O-])([O-])[O-]. The molecule has 2 aromatic carbocycles. The summed E-state index contributed by atoms with van der Waals surface area (Å²) in [6.45, 7) is 9.44. The minimum Gasteiger partial charge on any atom is -0.346 e. The number of fused-ring (bicyclic) bond motifs is 2. The standard InChI is InChI=1S/C23H24I3N2.ClHO4/c1-22(2)15-11-13(24)7-9-17(15)27(5)20(22)19(26)21-23(3,4)16-12-14(25)8-10-18(16)28(21)6;2-1(3,4)5/h7-12H,1-6H3;(H,2,3,4,5)/q+1;/p-1. The van der Waals surface area contributed by atoms with Gasteiger partial charge in [-0.2, -0.15) is 4.58 Å². The molecule has 0 saturated carbocycles. The molecule has 6 nitrogen and oxygen atoms in total. The van der Waals surface area contributed by atoms with Gasteiger partial charge in [0, 0.05) is 42.6 Å². The first-order valence-electron chi connectivity index (χ1n) is 9.95. The molecule has 0 radical (unpaired) electrons. The lowest BCUT2D eigenvalue weighted by Gasteiger charge is -2.27. The highest BCUT2D eigenvalue weighted by Crippen LogP contribution is 2.52. The predicted molar refractivity (Wildman–Crippen MR) is 145 cm³/mol. The van der Waals surface area contributed by atoms with Crippen molar-refractivity contribution in [3.63, 3.8) is 0 Å². The third-order valence-electron chi connectivity index (χ3n) is 6.26. The zero-order valence-corrected chi connectivity index (χ0v) is 26.2. The van der Waals surface area contributed by atoms with Gasteiger partial charge in [0.25, 0.3) is 0 Å². The van der Waals surface area contributed by atoms with E-state index in [1.54, 1.807) is 0 Å². The normalized spacial score (nSPS) is 19.7. The number of hydrogen-bond acceptors (Lipinski definition) is 5. The van der Waals surface area contributed by atoms with Gasteiger partial charge in [-0.25, -0.2) is 18.6 Å². The average Bonchev–Trinajstić information content (AvgIpc) is 2.97. The van der Waals surface area contributed by atoms with Crippen molar-refractivity contribution in [1.29, 1.82) is 0 Å². The molecule has 0 spiro atoms. The fraction of sp³-hybridized carbons (Fsp3) is 0.348. The van der Waals surface area contributed by atoms with E-state index in [0.717, 1.165) is 0 Å². The summed E-state index contributed by atoms with van der Waals surface area (Å²) in [5.41, 5.74) is 8.19. The van der Waals surface area contributed by atoms with Gasteiger partial charge in [0.15, 0.2) is 0 Å². The molecule has 0 saturated heterocycles. The molecule has 2 heterocycles. The molecule has 4 rings (SSSR count). The molecule has 0 amide bonds. The fourth-order valence-corrected chi connectivity index (χ4v) is 7.95. The van der Waals surface area contributed by atoms with E-state index in [-0.39, 0.29) is 10.8 Å². The Bertz CT molecular complexity index is 1180. The molecule has 0 bridgehead atoms. The third kappa shape index (κ3) is 5.25. The topological polar surface area (TPSA) is 98.5 Å². The van der Waals surface area contributed by atoms with Gasteiger partial charge < -0.3 is 4.90 Å². The van der Waals surface area contributed by atoms with E-state index >= 15 is 0 Å². The van der Waals surface area contributed by atoms with Crippen LogP contribution in [0.4, 0.5) is 11.4 Å². The van der Waals surface area contributed by atoms with Gasteiger partial charge in [0.1, 0.15) is 10.6 Å². The highest BCUT2D eigenvalue weighted by atomic mass is 127. The second-order valence-corrected chi connectivity index (χ2v) is 13.4. The van der Waals surface area contributed by atoms with Crippen LogP contribution in [0.5, 0.6) is 0 Å². The Kier molecular flexibility index (Phi) is 7.89. The van der Waals surface area contributed by atoms with E-state index in [0.29, 0.717) is 0 Å². The number of benzene rings is 2. The summed E-state index contributed by atoms with van der Waals surface area (Å²) in [5, 5.41) is 0. The van der Waals surface area contributed by atoms with Crippen molar-refractivity contribution in [2.75, 3.05) is 19.0 Å². The van der Waals surface area contributed by atoms with Crippen LogP contribution in [0, 0.1) is 17.4 Å². The number of nitrogens with zero attached hydrogens (tertiary/aromatic N) is 2. The minimum absolute atomic E-state index is 0.0328. The molecule has 0 atom stereocenters. The first-order chi connectivity index (χ1) is 15.0. The number of anilines is 1. The van der Waals surface area contributed by atoms with Crippen molar-refractivity contribution in [2.24, 2.45) is 0 Å². The van der Waals surface area contributed by atoms with Gasteiger partial charge in [-0.15, -0.1) is 10.2 Å². The number of allylic oxidation sites excluding steroid dienone is 2. The van der Waals surface area contributed by atoms with Crippen molar-refractivity contribution in [3.8, 4) is 0 Å². The van der Waals surface area contributed by atoms with E-state index in [9.17, 15) is 0 Å². The summed E-state index contributed by atoms with van der Waals surface area (Å²) in [5.74, 6) is 0. The summed E-state index contributed by atoms with van der Waals surface area (Å²) in [6, 6.07) is 13.6. The van der Waals surface area contributed by atoms with Gasteiger partial charge in [-0.05, 0) is 118 Å². The molecule has 10 heteroatoms. The number of halogens is 4. The third-order valence-corrected chi connectivity index (χ3v) is 8.62. The molecule has 2 aliphatic rings. The monoisotopic (exact) mass is 808 g/mol. The Morgan fingerprint density at radius 1 is 0.879 bits per heavy atom. The molecule has 2 aliphatic heterocycles. The van der Waals surface area contributed by atoms with Gasteiger partial charge in [-0.1, -0.05) is 13.8 Å². The van der Waals surface area contributed by atoms with Crippen LogP contribution < -0.4 is 23.5 Å². The quantitative estimate of drug-likeness (QED) is 0.326. The lowest BCUT2D eigenvalue weighted by Crippen LogP contribution is -2.68. The molecule has 0 unspecified atom stereocenters. The lowest BCUT2D eigenvalue weighted by atomic mass is 9.78. The van der Waals surface area contributed by atoms with Crippen LogP contribution in [0.15, 0.2) is 45.7 Å². The molecule has 0 fully saturated rings. The fourth-order valence-electron chi connectivity index (χ4n) is 4.89. The Morgan fingerprint density at radius 3 is 1.91 bits per heavy atom. The van der Waals surface area contributed by atoms with E-state index in [1.807, 2.05) is 0 Å². The Morgan fingerprint density at radius 2 is 1.36 bits per heavy atom. The average molecular weight is 809 g/mol. The summed E-state index contributed by atoms with van der Waals surface area (Å²) in [7, 11) is -0.514. The van der Waals surface area contributed by atoms with Crippen LogP contribution >= 0.6 is 67.8 Å². The molecule has 33 heavy (non-hydrogen) atoms. The zero-order chi connectivity index (χ0) is 25.1. The van der Waals surface area contributed by atoms with E-state index < -0.39 is 10.2 Å². The van der Waals surface area contributed by atoms with Gasteiger partial charge in [0.05, 0.1) is 5.41 Å². The van der Waals surface area contributed by atoms with Gasteiger partial charge in [0.2, 0.25) is 11.4 Å². The maximum absolute atomic E-state index is 8.49. The van der Waals surface area contributed by atoms with Crippen LogP contribution in [-0.2, 0) is 10.8 Å². The molecule has 178 valence electrons. The summed E-state index contributed by atoms with van der Waals surface area (Å²) in [4.78, 5) is 2.40. The van der Waals surface area contributed by atoms with E-state index in [1.165, 1.54) is 44.6 Å². The van der Waals surface area contributed by atoms with Gasteiger partial charge >= 0.3 is 0 Å². The number of likely N-dealkylation sites (N-methyl/N-ethyl adjacent to an activating group) is 1. The second kappa shape index (κ2) is 9.45. The van der Waals surface area contributed by atoms with Crippen molar-refractivity contribution in [2.45, 2.75) is 38.5 Å². The lowest BCUT2D eigenvalue weighted by molar-refractivity contribution is -2.00. The molecule has 0 aromatic heterocycles. The van der Waals surface area contributed by atoms with Crippen molar-refractivity contribution < 1.29 is 33.5 Å². The minimum atomic E-state index is -4.94. The molecular formula is C23H24ClI3N2O4. The van der Waals surface area contributed by atoms with Gasteiger partial charge in [-0.3, -0.25) is 0 Å². The second-order valence-electron chi connectivity index (χ2n) is 9.08. The molecule has 2 aromatic rings. The summed E-state index contributed by atoms with van der Waals surface area (Å²) in [6.07, 6.45) is 0. The van der Waals surface area contributed by atoms with E-state index in [2.05, 4.69) is 155 Å². The largest absolute Gasteiger partial charge is 0.346 e. The first-order valence-corrected chi connectivity index (χ1v) is 14.4. The Hall–Kier alpha value is -0.0300. The molecular weight excluding hydrogens is 784 g/mol. The van der Waals surface area contributed by atoms with Crippen LogP contribution in [-0.4, -0.2) is 24.4 Å². The Labute approximate surface area is 237 Å². The van der Waals surface area contributed by atoms with Crippen molar-refractivity contribution >= 4 is 84.9 Å². The Balaban J connectivity index is 0.000000555. The van der Waals surface area contributed by atoms with Crippen LogP contribution in [0.3, 0.4) is 0 Å². The first kappa shape index (κ1) is 27.6. The highest BCUT2D eigenvalue weighted by Gasteiger charge is 2.49. The summed E-state index contributed by atoms with van der Waals surface area (Å²) < 4.78 is 40.3. The molecule has 0 N–H and O–H groups in total. The number of rotatable bonds is 1. The highest BCUT2D eigenvalue weighted by molar-refractivity contribution is 14.1. The molecule has 0 aliphatic carbocycles. The van der Waals surface area contributed by atoms with Crippen LogP contribution in [0.25, 0.3) is 0 Å². The maximum Gasteiger partial charge on any atom is 0.209 e. The summed E-state index contributed by atoms with van der Waals surface area (Å²) >= 11 is 7.44. The number of hydrogen-bond donors (Lipinski definition) is 0.